The molecule has 160 valence electrons. The quantitative estimate of drug-likeness (QED) is 0.412. The summed E-state index contributed by atoms with van der Waals surface area (Å²) in [5.41, 5.74) is 1.79. The van der Waals surface area contributed by atoms with Crippen molar-refractivity contribution < 1.29 is 9.47 Å². The van der Waals surface area contributed by atoms with Crippen molar-refractivity contribution in [1.29, 1.82) is 0 Å². The van der Waals surface area contributed by atoms with E-state index in [1.807, 2.05) is 55.5 Å². The first-order valence-corrected chi connectivity index (χ1v) is 10.1. The third-order valence-corrected chi connectivity index (χ3v) is 4.37. The van der Waals surface area contributed by atoms with E-state index in [2.05, 4.69) is 43.3 Å². The van der Waals surface area contributed by atoms with Gasteiger partial charge in [-0.2, -0.15) is 4.68 Å². The van der Waals surface area contributed by atoms with E-state index in [0.717, 1.165) is 24.2 Å². The molecular weight excluding hydrogens is 398 g/mol. The summed E-state index contributed by atoms with van der Waals surface area (Å²) in [6.45, 7) is 5.77. The van der Waals surface area contributed by atoms with Crippen molar-refractivity contribution >= 4 is 5.95 Å². The number of hydrogen-bond donors (Lipinski definition) is 1. The number of para-hydroxylation sites is 1. The molecule has 11 nitrogen and oxygen atoms in total. The fourth-order valence-electron chi connectivity index (χ4n) is 2.96. The molecule has 2 aromatic heterocycles. The first-order valence-electron chi connectivity index (χ1n) is 10.1. The highest BCUT2D eigenvalue weighted by molar-refractivity contribution is 5.45. The van der Waals surface area contributed by atoms with Crippen LogP contribution in [0.4, 0.5) is 5.95 Å². The molecule has 0 amide bonds. The fraction of sp³-hybridized carbons (Fsp3) is 0.300. The Labute approximate surface area is 179 Å². The zero-order valence-electron chi connectivity index (χ0n) is 17.3. The molecule has 2 heterocycles. The lowest BCUT2D eigenvalue weighted by molar-refractivity contribution is 0.315. The average molecular weight is 421 g/mol. The van der Waals surface area contributed by atoms with Gasteiger partial charge in [-0.3, -0.25) is 0 Å². The summed E-state index contributed by atoms with van der Waals surface area (Å²) < 4.78 is 15.1. The lowest BCUT2D eigenvalue weighted by atomic mass is 10.2. The SMILES string of the molecule is CCCn1nnnc1NCc1ccc(Oc2nnnn2-c2ccccc2)c(OCC)c1. The topological polar surface area (TPSA) is 118 Å². The van der Waals surface area contributed by atoms with Crippen molar-refractivity contribution in [2.24, 2.45) is 0 Å². The second-order valence-electron chi connectivity index (χ2n) is 6.60. The van der Waals surface area contributed by atoms with Crippen LogP contribution in [0.1, 0.15) is 25.8 Å². The minimum Gasteiger partial charge on any atom is -0.490 e. The van der Waals surface area contributed by atoms with Gasteiger partial charge in [-0.15, -0.1) is 0 Å². The van der Waals surface area contributed by atoms with E-state index >= 15 is 0 Å². The number of aromatic nitrogens is 8. The molecule has 0 atom stereocenters. The maximum absolute atomic E-state index is 5.99. The molecule has 0 aliphatic heterocycles. The van der Waals surface area contributed by atoms with Crippen LogP contribution in [0.25, 0.3) is 5.69 Å². The highest BCUT2D eigenvalue weighted by atomic mass is 16.5. The van der Waals surface area contributed by atoms with Crippen LogP contribution in [0.3, 0.4) is 0 Å². The Bertz CT molecular complexity index is 1110. The number of nitrogens with zero attached hydrogens (tertiary/aromatic N) is 8. The van der Waals surface area contributed by atoms with Gasteiger partial charge < -0.3 is 14.8 Å². The molecule has 4 aromatic rings. The summed E-state index contributed by atoms with van der Waals surface area (Å²) in [5, 5.41) is 26.7. The van der Waals surface area contributed by atoms with Crippen molar-refractivity contribution in [3.63, 3.8) is 0 Å². The monoisotopic (exact) mass is 421 g/mol. The Morgan fingerprint density at radius 1 is 0.935 bits per heavy atom. The van der Waals surface area contributed by atoms with E-state index in [4.69, 9.17) is 9.47 Å². The van der Waals surface area contributed by atoms with E-state index < -0.39 is 0 Å². The molecule has 0 fully saturated rings. The third-order valence-electron chi connectivity index (χ3n) is 4.37. The third kappa shape index (κ3) is 4.77. The molecule has 11 heteroatoms. The van der Waals surface area contributed by atoms with Crippen molar-refractivity contribution in [1.82, 2.24) is 40.4 Å². The van der Waals surface area contributed by atoms with Crippen LogP contribution in [0.15, 0.2) is 48.5 Å². The Balaban J connectivity index is 1.52. The molecule has 31 heavy (non-hydrogen) atoms. The zero-order chi connectivity index (χ0) is 21.5. The van der Waals surface area contributed by atoms with Crippen LogP contribution < -0.4 is 14.8 Å². The molecule has 2 aromatic carbocycles. The number of aryl methyl sites for hydroxylation is 1. The van der Waals surface area contributed by atoms with E-state index in [0.29, 0.717) is 30.6 Å². The molecule has 4 rings (SSSR count). The molecule has 0 bridgehead atoms. The predicted molar refractivity (Wildman–Crippen MR) is 112 cm³/mol. The summed E-state index contributed by atoms with van der Waals surface area (Å²) in [5.74, 6) is 1.74. The smallest absolute Gasteiger partial charge is 0.346 e. The van der Waals surface area contributed by atoms with Crippen molar-refractivity contribution in [2.45, 2.75) is 33.4 Å². The van der Waals surface area contributed by atoms with Gasteiger partial charge in [0.15, 0.2) is 11.5 Å². The largest absolute Gasteiger partial charge is 0.490 e. The Hall–Kier alpha value is -4.02. The molecule has 0 saturated carbocycles. The fourth-order valence-corrected chi connectivity index (χ4v) is 2.96. The molecule has 1 N–H and O–H groups in total. The van der Waals surface area contributed by atoms with Crippen LogP contribution in [0.2, 0.25) is 0 Å². The summed E-state index contributed by atoms with van der Waals surface area (Å²) in [7, 11) is 0. The number of benzene rings is 2. The van der Waals surface area contributed by atoms with Crippen molar-refractivity contribution in [3.05, 3.63) is 54.1 Å². The highest BCUT2D eigenvalue weighted by Gasteiger charge is 2.15. The van der Waals surface area contributed by atoms with Gasteiger partial charge in [0, 0.05) is 13.1 Å². The van der Waals surface area contributed by atoms with Crippen molar-refractivity contribution in [3.8, 4) is 23.2 Å². The minimum absolute atomic E-state index is 0.247. The molecular formula is C20H23N9O2. The number of anilines is 1. The number of hydrogen-bond acceptors (Lipinski definition) is 9. The first kappa shape index (κ1) is 20.3. The average Bonchev–Trinajstić information content (AvgIpc) is 3.44. The minimum atomic E-state index is 0.247. The standard InChI is InChI=1S/C20H23N9O2/c1-3-12-28-19(22-24-26-28)21-14-15-10-11-17(18(13-15)30-4-2)31-20-23-25-27-29(20)16-8-6-5-7-9-16/h5-11,13H,3-4,12,14H2,1-2H3,(H,21,22,26). The van der Waals surface area contributed by atoms with Crippen LogP contribution in [0, 0.1) is 0 Å². The number of tetrazole rings is 2. The van der Waals surface area contributed by atoms with E-state index in [9.17, 15) is 0 Å². The Morgan fingerprint density at radius 2 is 1.77 bits per heavy atom. The van der Waals surface area contributed by atoms with Crippen LogP contribution in [-0.4, -0.2) is 47.0 Å². The van der Waals surface area contributed by atoms with E-state index in [-0.39, 0.29) is 6.01 Å². The van der Waals surface area contributed by atoms with Gasteiger partial charge in [-0.25, -0.2) is 4.68 Å². The maximum Gasteiger partial charge on any atom is 0.346 e. The van der Waals surface area contributed by atoms with Crippen LogP contribution in [-0.2, 0) is 13.1 Å². The summed E-state index contributed by atoms with van der Waals surface area (Å²) in [6.07, 6.45) is 0.947. The number of nitrogens with one attached hydrogen (secondary N) is 1. The summed E-state index contributed by atoms with van der Waals surface area (Å²) in [4.78, 5) is 0. The lowest BCUT2D eigenvalue weighted by Crippen LogP contribution is -2.09. The molecule has 0 radical (unpaired) electrons. The zero-order valence-corrected chi connectivity index (χ0v) is 17.3. The molecule has 0 unspecified atom stereocenters. The second kappa shape index (κ2) is 9.65. The summed E-state index contributed by atoms with van der Waals surface area (Å²) >= 11 is 0. The van der Waals surface area contributed by atoms with E-state index in [1.54, 1.807) is 4.68 Å². The Morgan fingerprint density at radius 3 is 2.58 bits per heavy atom. The molecule has 0 aliphatic carbocycles. The number of rotatable bonds is 10. The van der Waals surface area contributed by atoms with Crippen LogP contribution in [0.5, 0.6) is 17.5 Å². The second-order valence-corrected chi connectivity index (χ2v) is 6.60. The maximum atomic E-state index is 5.99. The summed E-state index contributed by atoms with van der Waals surface area (Å²) in [6, 6.07) is 15.5. The molecule has 0 aliphatic rings. The molecule has 0 spiro atoms. The van der Waals surface area contributed by atoms with Crippen molar-refractivity contribution in [2.75, 3.05) is 11.9 Å². The highest BCUT2D eigenvalue weighted by Crippen LogP contribution is 2.32. The normalized spacial score (nSPS) is 10.8. The van der Waals surface area contributed by atoms with Gasteiger partial charge in [0.1, 0.15) is 0 Å². The van der Waals surface area contributed by atoms with Gasteiger partial charge in [0.25, 0.3) is 0 Å². The van der Waals surface area contributed by atoms with Gasteiger partial charge in [0.2, 0.25) is 5.95 Å². The lowest BCUT2D eigenvalue weighted by Gasteiger charge is -2.13. The van der Waals surface area contributed by atoms with Crippen LogP contribution >= 0.6 is 0 Å². The van der Waals surface area contributed by atoms with E-state index in [1.165, 1.54) is 4.68 Å². The Kier molecular flexibility index (Phi) is 6.31. The van der Waals surface area contributed by atoms with Gasteiger partial charge in [-0.1, -0.05) is 41.4 Å². The first-order chi connectivity index (χ1) is 15.3. The molecule has 0 saturated heterocycles. The predicted octanol–water partition coefficient (Wildman–Crippen LogP) is 2.86. The van der Waals surface area contributed by atoms with Gasteiger partial charge in [0.05, 0.1) is 12.3 Å². The number of ether oxygens (including phenoxy) is 2. The van der Waals surface area contributed by atoms with Gasteiger partial charge in [-0.05, 0) is 64.0 Å². The van der Waals surface area contributed by atoms with Gasteiger partial charge >= 0.3 is 6.01 Å².